The summed E-state index contributed by atoms with van der Waals surface area (Å²) in [6.45, 7) is 14.9. The zero-order chi connectivity index (χ0) is 37.0. The summed E-state index contributed by atoms with van der Waals surface area (Å²) in [6, 6.07) is 58.7. The lowest BCUT2D eigenvalue weighted by molar-refractivity contribution is 1.18. The van der Waals surface area contributed by atoms with Crippen LogP contribution in [-0.4, -0.2) is 7.05 Å². The number of rotatable bonds is 7. The van der Waals surface area contributed by atoms with Crippen molar-refractivity contribution in [2.45, 2.75) is 54.9 Å². The number of hydrogen-bond donors (Lipinski definition) is 0. The minimum Gasteiger partial charge on any atom is -0.345 e. The first-order valence-corrected chi connectivity index (χ1v) is 18.5. The third kappa shape index (κ3) is 8.97. The summed E-state index contributed by atoms with van der Waals surface area (Å²) in [7, 11) is 2.16. The van der Waals surface area contributed by atoms with E-state index in [2.05, 4.69) is 210 Å². The van der Waals surface area contributed by atoms with Crippen LogP contribution >= 0.6 is 0 Å². The molecule has 0 heterocycles. The average molecular weight is 680 g/mol. The summed E-state index contributed by atoms with van der Waals surface area (Å²) in [5.41, 5.74) is 19.5. The summed E-state index contributed by atoms with van der Waals surface area (Å²) in [5, 5.41) is 0. The SMILES string of the molecule is CC.Cc1ccccc1-c1cc(N(C)c2ccc(-c3ccccc3Cc3ccccc3)c(C)c2)ccc1C.Cc1ccccc1-c1ccccc1C. The van der Waals surface area contributed by atoms with Gasteiger partial charge in [0.1, 0.15) is 0 Å². The van der Waals surface area contributed by atoms with Crippen molar-refractivity contribution in [1.29, 1.82) is 0 Å². The Bertz CT molecular complexity index is 2160. The van der Waals surface area contributed by atoms with E-state index >= 15 is 0 Å². The van der Waals surface area contributed by atoms with Crippen molar-refractivity contribution in [3.63, 3.8) is 0 Å². The van der Waals surface area contributed by atoms with E-state index in [0.29, 0.717) is 0 Å². The Morgan fingerprint density at radius 1 is 0.346 bits per heavy atom. The maximum Gasteiger partial charge on any atom is 0.0414 e. The van der Waals surface area contributed by atoms with Gasteiger partial charge in [0.25, 0.3) is 0 Å². The summed E-state index contributed by atoms with van der Waals surface area (Å²) >= 11 is 0. The van der Waals surface area contributed by atoms with E-state index < -0.39 is 0 Å². The van der Waals surface area contributed by atoms with Gasteiger partial charge >= 0.3 is 0 Å². The molecule has 7 rings (SSSR count). The van der Waals surface area contributed by atoms with Gasteiger partial charge in [-0.2, -0.15) is 0 Å². The van der Waals surface area contributed by atoms with Crippen LogP contribution < -0.4 is 4.90 Å². The van der Waals surface area contributed by atoms with Gasteiger partial charge in [-0.15, -0.1) is 0 Å². The van der Waals surface area contributed by atoms with Gasteiger partial charge in [0.2, 0.25) is 0 Å². The minimum atomic E-state index is 0.934. The van der Waals surface area contributed by atoms with Gasteiger partial charge in [0.05, 0.1) is 0 Å². The molecule has 0 N–H and O–H groups in total. The molecule has 0 aliphatic carbocycles. The van der Waals surface area contributed by atoms with Crippen LogP contribution in [-0.2, 0) is 6.42 Å². The lowest BCUT2D eigenvalue weighted by atomic mass is 9.92. The normalized spacial score (nSPS) is 10.4. The zero-order valence-corrected chi connectivity index (χ0v) is 32.2. The predicted molar refractivity (Wildman–Crippen MR) is 228 cm³/mol. The van der Waals surface area contributed by atoms with Crippen LogP contribution in [0.25, 0.3) is 33.4 Å². The van der Waals surface area contributed by atoms with Crippen LogP contribution in [0.3, 0.4) is 0 Å². The van der Waals surface area contributed by atoms with Crippen molar-refractivity contribution in [3.8, 4) is 33.4 Å². The Labute approximate surface area is 313 Å². The highest BCUT2D eigenvalue weighted by molar-refractivity contribution is 5.79. The molecule has 0 atom stereocenters. The fraction of sp³-hybridized carbons (Fsp3) is 0.176. The largest absolute Gasteiger partial charge is 0.345 e. The Morgan fingerprint density at radius 2 is 0.750 bits per heavy atom. The molecule has 0 bridgehead atoms. The van der Waals surface area contributed by atoms with E-state index in [0.717, 1.165) is 6.42 Å². The Balaban J connectivity index is 0.000000272. The van der Waals surface area contributed by atoms with Gasteiger partial charge < -0.3 is 4.90 Å². The van der Waals surface area contributed by atoms with Crippen molar-refractivity contribution in [3.05, 3.63) is 203 Å². The monoisotopic (exact) mass is 679 g/mol. The first kappa shape index (κ1) is 37.6. The van der Waals surface area contributed by atoms with Crippen LogP contribution in [0.5, 0.6) is 0 Å². The molecule has 0 saturated carbocycles. The molecule has 7 aromatic carbocycles. The highest BCUT2D eigenvalue weighted by atomic mass is 15.1. The van der Waals surface area contributed by atoms with Crippen LogP contribution in [0.2, 0.25) is 0 Å². The third-order valence-corrected chi connectivity index (χ3v) is 9.77. The first-order chi connectivity index (χ1) is 25.3. The van der Waals surface area contributed by atoms with Crippen molar-refractivity contribution in [2.75, 3.05) is 11.9 Å². The van der Waals surface area contributed by atoms with E-state index in [4.69, 9.17) is 0 Å². The van der Waals surface area contributed by atoms with Crippen LogP contribution in [0.15, 0.2) is 164 Å². The quantitative estimate of drug-likeness (QED) is 0.162. The maximum atomic E-state index is 2.32. The molecule has 1 nitrogen and oxygen atoms in total. The van der Waals surface area contributed by atoms with Crippen LogP contribution in [0.1, 0.15) is 52.8 Å². The molecule has 0 spiro atoms. The fourth-order valence-electron chi connectivity index (χ4n) is 6.79. The Hall–Kier alpha value is -5.66. The molecule has 0 radical (unpaired) electrons. The molecule has 0 saturated heterocycles. The van der Waals surface area contributed by atoms with Gasteiger partial charge in [-0.05, 0) is 138 Å². The van der Waals surface area contributed by atoms with E-state index in [1.807, 2.05) is 13.8 Å². The van der Waals surface area contributed by atoms with Crippen LogP contribution in [0.4, 0.5) is 11.4 Å². The summed E-state index contributed by atoms with van der Waals surface area (Å²) in [4.78, 5) is 2.29. The summed E-state index contributed by atoms with van der Waals surface area (Å²) < 4.78 is 0. The van der Waals surface area contributed by atoms with Gasteiger partial charge in [-0.3, -0.25) is 0 Å². The lowest BCUT2D eigenvalue weighted by Gasteiger charge is -2.23. The molecule has 0 aliphatic rings. The standard InChI is InChI=1S/C35H33N.C14H14.C2H6/c1-25-12-8-10-16-32(25)35-24-31(19-18-26(35)2)36(4)30-20-21-33(27(3)22-30)34-17-11-9-15-29(34)23-28-13-6-5-7-14-28;1-11-7-3-5-9-13(11)14-10-6-4-8-12(14)2;1-2/h5-22,24H,23H2,1-4H3;3-10H,1-2H3;1-2H3. The molecule has 262 valence electrons. The maximum absolute atomic E-state index is 2.32. The number of aryl methyl sites for hydroxylation is 5. The lowest BCUT2D eigenvalue weighted by Crippen LogP contribution is -2.10. The van der Waals surface area contributed by atoms with Crippen molar-refractivity contribution >= 4 is 11.4 Å². The molecular formula is C51H53N. The van der Waals surface area contributed by atoms with Gasteiger partial charge in [-0.1, -0.05) is 153 Å². The second kappa shape index (κ2) is 18.0. The zero-order valence-electron chi connectivity index (χ0n) is 32.2. The van der Waals surface area contributed by atoms with E-state index in [1.54, 1.807) is 0 Å². The Morgan fingerprint density at radius 3 is 1.29 bits per heavy atom. The van der Waals surface area contributed by atoms with Crippen molar-refractivity contribution in [1.82, 2.24) is 0 Å². The Kier molecular flexibility index (Phi) is 13.0. The summed E-state index contributed by atoms with van der Waals surface area (Å²) in [5.74, 6) is 0. The number of nitrogens with zero attached hydrogens (tertiary/aromatic N) is 1. The second-order valence-electron chi connectivity index (χ2n) is 13.3. The molecule has 0 fully saturated rings. The molecule has 0 unspecified atom stereocenters. The summed E-state index contributed by atoms with van der Waals surface area (Å²) in [6.07, 6.45) is 0.934. The number of anilines is 2. The number of benzene rings is 7. The second-order valence-corrected chi connectivity index (χ2v) is 13.3. The first-order valence-electron chi connectivity index (χ1n) is 18.5. The molecule has 0 amide bonds. The van der Waals surface area contributed by atoms with Crippen molar-refractivity contribution in [2.24, 2.45) is 0 Å². The number of hydrogen-bond acceptors (Lipinski definition) is 1. The highest BCUT2D eigenvalue weighted by Crippen LogP contribution is 2.35. The molecule has 52 heavy (non-hydrogen) atoms. The van der Waals surface area contributed by atoms with E-state index in [-0.39, 0.29) is 0 Å². The topological polar surface area (TPSA) is 3.24 Å². The van der Waals surface area contributed by atoms with E-state index in [9.17, 15) is 0 Å². The molecule has 1 heteroatoms. The minimum absolute atomic E-state index is 0.934. The van der Waals surface area contributed by atoms with Gasteiger partial charge in [-0.25, -0.2) is 0 Å². The van der Waals surface area contributed by atoms with Gasteiger partial charge in [0.15, 0.2) is 0 Å². The molecule has 0 aliphatic heterocycles. The highest BCUT2D eigenvalue weighted by Gasteiger charge is 2.13. The van der Waals surface area contributed by atoms with Gasteiger partial charge in [0, 0.05) is 18.4 Å². The molecule has 0 aromatic heterocycles. The van der Waals surface area contributed by atoms with Crippen molar-refractivity contribution < 1.29 is 0 Å². The third-order valence-electron chi connectivity index (χ3n) is 9.77. The fourth-order valence-corrected chi connectivity index (χ4v) is 6.79. The van der Waals surface area contributed by atoms with E-state index in [1.165, 1.54) is 83.7 Å². The van der Waals surface area contributed by atoms with Crippen LogP contribution in [0, 0.1) is 34.6 Å². The molecule has 7 aromatic rings. The molecular weight excluding hydrogens is 627 g/mol. The predicted octanol–water partition coefficient (Wildman–Crippen LogP) is 14.3. The average Bonchev–Trinajstić information content (AvgIpc) is 3.17. The smallest absolute Gasteiger partial charge is 0.0414 e.